The van der Waals surface area contributed by atoms with E-state index in [0.717, 1.165) is 13.2 Å². The molecule has 0 aromatic carbocycles. The van der Waals surface area contributed by atoms with Gasteiger partial charge in [0.05, 0.1) is 0 Å². The molecule has 1 heterocycles. The Morgan fingerprint density at radius 3 is 1.62 bits per heavy atom. The molecule has 0 aromatic rings. The average Bonchev–Trinajstić information content (AvgIpc) is 2.23. The zero-order valence-electron chi connectivity index (χ0n) is 5.32. The van der Waals surface area contributed by atoms with Gasteiger partial charge in [0.2, 0.25) is 0 Å². The van der Waals surface area contributed by atoms with Gasteiger partial charge >= 0.3 is 26.8 Å². The second kappa shape index (κ2) is 11.1. The third-order valence-electron chi connectivity index (χ3n) is 0.827. The third-order valence-corrected chi connectivity index (χ3v) is 0.827. The van der Waals surface area contributed by atoms with Crippen LogP contribution in [-0.2, 0) is 4.74 Å². The molecule has 0 spiro atoms. The van der Waals surface area contributed by atoms with Gasteiger partial charge in [0, 0.05) is 13.2 Å². The van der Waals surface area contributed by atoms with Gasteiger partial charge in [0.25, 0.3) is 0 Å². The normalized spacial score (nSPS) is 15.9. The standard InChI is InChI=1S/C4H8O.CH3.BrH.Mg/c1-2-4-5-3-1;;;/h1-4H2;1H3;1H;/q;;;+1/p-1. The summed E-state index contributed by atoms with van der Waals surface area (Å²) in [6, 6.07) is 0. The minimum atomic E-state index is 0. The second-order valence-electron chi connectivity index (χ2n) is 1.32. The van der Waals surface area contributed by atoms with E-state index in [2.05, 4.69) is 0 Å². The number of ether oxygens (including phenoxy) is 1. The maximum absolute atomic E-state index is 4.94. The summed E-state index contributed by atoms with van der Waals surface area (Å²) < 4.78 is 4.94. The molecule has 0 aromatic heterocycles. The summed E-state index contributed by atoms with van der Waals surface area (Å²) in [6.45, 7) is 2.00. The van der Waals surface area contributed by atoms with Crippen LogP contribution >= 0.6 is 0 Å². The molecule has 0 unspecified atom stereocenters. The van der Waals surface area contributed by atoms with Crippen molar-refractivity contribution in [2.45, 2.75) is 17.9 Å². The van der Waals surface area contributed by atoms with Gasteiger partial charge < -0.3 is 21.7 Å². The van der Waals surface area contributed by atoms with E-state index in [9.17, 15) is 0 Å². The first-order valence-electron chi connectivity index (χ1n) is 2.78. The van der Waals surface area contributed by atoms with Crippen molar-refractivity contribution in [3.8, 4) is 0 Å². The average molecular weight is 191 g/mol. The van der Waals surface area contributed by atoms with Crippen molar-refractivity contribution >= 4 is 21.7 Å². The fourth-order valence-corrected chi connectivity index (χ4v) is 0.510. The zero-order valence-corrected chi connectivity index (χ0v) is 8.32. The van der Waals surface area contributed by atoms with Crippen LogP contribution in [0.4, 0.5) is 0 Å². The fourth-order valence-electron chi connectivity index (χ4n) is 0.510. The molecule has 1 aliphatic heterocycles. The van der Waals surface area contributed by atoms with E-state index >= 15 is 0 Å². The zero-order chi connectivity index (χ0) is 5.54. The van der Waals surface area contributed by atoms with E-state index in [1.165, 1.54) is 12.8 Å². The van der Waals surface area contributed by atoms with E-state index in [1.807, 2.05) is 26.8 Å². The van der Waals surface area contributed by atoms with Gasteiger partial charge in [0.1, 0.15) is 0 Å². The Morgan fingerprint density at radius 1 is 1.12 bits per heavy atom. The Labute approximate surface area is 74.4 Å². The molecule has 1 fully saturated rings. The number of rotatable bonds is 0. The van der Waals surface area contributed by atoms with Crippen molar-refractivity contribution in [2.75, 3.05) is 13.2 Å². The summed E-state index contributed by atoms with van der Waals surface area (Å²) in [5.74, 6) is 0. The molecule has 0 amide bonds. The molecular formula is C5H11BrMgO. The Kier molecular flexibility index (Phi) is 16.5. The van der Waals surface area contributed by atoms with Gasteiger partial charge in [-0.05, 0) is 12.8 Å². The Morgan fingerprint density at radius 2 is 1.50 bits per heavy atom. The molecule has 3 heteroatoms. The van der Waals surface area contributed by atoms with E-state index in [-0.39, 0.29) is 17.0 Å². The Bertz CT molecular complexity index is 24.0. The quantitative estimate of drug-likeness (QED) is 0.403. The summed E-state index contributed by atoms with van der Waals surface area (Å²) in [5.41, 5.74) is 0. The van der Waals surface area contributed by atoms with E-state index in [0.29, 0.717) is 0 Å². The molecule has 0 saturated carbocycles. The molecule has 46 valence electrons. The monoisotopic (exact) mass is 190 g/mol. The summed E-state index contributed by atoms with van der Waals surface area (Å²) in [7, 11) is 0. The SMILES string of the molecule is C1CCOC1.[Br-].[CH3][Mg+]. The van der Waals surface area contributed by atoms with Crippen molar-refractivity contribution in [3.63, 3.8) is 0 Å². The Hall–Kier alpha value is 1.21. The van der Waals surface area contributed by atoms with E-state index in [1.54, 1.807) is 0 Å². The van der Waals surface area contributed by atoms with Crippen LogP contribution in [0.1, 0.15) is 12.8 Å². The number of hydrogen-bond acceptors (Lipinski definition) is 1. The van der Waals surface area contributed by atoms with Crippen LogP contribution in [0.15, 0.2) is 0 Å². The first-order chi connectivity index (χ1) is 3.50. The molecule has 1 nitrogen and oxygen atoms in total. The summed E-state index contributed by atoms with van der Waals surface area (Å²) in [4.78, 5) is 0. The predicted octanol–water partition coefficient (Wildman–Crippen LogP) is -2.00. The van der Waals surface area contributed by atoms with Crippen LogP contribution in [0.3, 0.4) is 0 Å². The molecular weight excluding hydrogens is 180 g/mol. The van der Waals surface area contributed by atoms with Crippen LogP contribution in [0.5, 0.6) is 0 Å². The van der Waals surface area contributed by atoms with Crippen molar-refractivity contribution in [1.82, 2.24) is 0 Å². The number of halogens is 1. The fraction of sp³-hybridized carbons (Fsp3) is 1.00. The van der Waals surface area contributed by atoms with Crippen LogP contribution in [0.25, 0.3) is 0 Å². The second-order valence-corrected chi connectivity index (χ2v) is 1.32. The van der Waals surface area contributed by atoms with Crippen LogP contribution in [0.2, 0.25) is 5.05 Å². The first-order valence-corrected chi connectivity index (χ1v) is 4.20. The summed E-state index contributed by atoms with van der Waals surface area (Å²) >= 11 is 1.86. The van der Waals surface area contributed by atoms with Gasteiger partial charge in [0.15, 0.2) is 0 Å². The van der Waals surface area contributed by atoms with Gasteiger partial charge in [-0.15, -0.1) is 0 Å². The molecule has 1 saturated heterocycles. The summed E-state index contributed by atoms with van der Waals surface area (Å²) in [5, 5.41) is 2.03. The van der Waals surface area contributed by atoms with Gasteiger partial charge in [-0.3, -0.25) is 0 Å². The van der Waals surface area contributed by atoms with Gasteiger partial charge in [-0.2, -0.15) is 0 Å². The van der Waals surface area contributed by atoms with E-state index in [4.69, 9.17) is 4.74 Å². The summed E-state index contributed by atoms with van der Waals surface area (Å²) in [6.07, 6.45) is 2.56. The molecule has 0 aliphatic carbocycles. The number of hydrogen-bond donors (Lipinski definition) is 0. The minimum absolute atomic E-state index is 0. The predicted molar refractivity (Wildman–Crippen MR) is 31.7 cm³/mol. The molecule has 0 atom stereocenters. The van der Waals surface area contributed by atoms with E-state index < -0.39 is 0 Å². The van der Waals surface area contributed by atoms with Gasteiger partial charge in [-0.25, -0.2) is 0 Å². The van der Waals surface area contributed by atoms with Crippen molar-refractivity contribution in [1.29, 1.82) is 0 Å². The van der Waals surface area contributed by atoms with Crippen LogP contribution < -0.4 is 17.0 Å². The first kappa shape index (κ1) is 11.9. The molecule has 8 heavy (non-hydrogen) atoms. The molecule has 1 rings (SSSR count). The molecule has 0 radical (unpaired) electrons. The van der Waals surface area contributed by atoms with Gasteiger partial charge in [-0.1, -0.05) is 0 Å². The van der Waals surface area contributed by atoms with Crippen LogP contribution in [-0.4, -0.2) is 34.9 Å². The van der Waals surface area contributed by atoms with Crippen molar-refractivity contribution in [2.24, 2.45) is 0 Å². The maximum atomic E-state index is 4.94. The molecule has 0 bridgehead atoms. The Balaban J connectivity index is 0. The molecule has 1 aliphatic rings. The van der Waals surface area contributed by atoms with Crippen molar-refractivity contribution < 1.29 is 21.7 Å². The molecule has 0 N–H and O–H groups in total. The topological polar surface area (TPSA) is 9.23 Å². The van der Waals surface area contributed by atoms with Crippen LogP contribution in [0, 0.1) is 0 Å². The third kappa shape index (κ3) is 7.21. The van der Waals surface area contributed by atoms with Crippen molar-refractivity contribution in [3.05, 3.63) is 0 Å².